The van der Waals surface area contributed by atoms with Gasteiger partial charge >= 0.3 is 10.2 Å². The van der Waals surface area contributed by atoms with E-state index in [0.29, 0.717) is 27.7 Å². The molecule has 2 atom stereocenters. The highest BCUT2D eigenvalue weighted by Crippen LogP contribution is 2.28. The van der Waals surface area contributed by atoms with Crippen LogP contribution in [0.4, 0.5) is 5.69 Å². The Kier molecular flexibility index (Phi) is 11.6. The van der Waals surface area contributed by atoms with Gasteiger partial charge in [0.1, 0.15) is 12.6 Å². The molecule has 0 heterocycles. The van der Waals surface area contributed by atoms with Gasteiger partial charge in [0.15, 0.2) is 0 Å². The summed E-state index contributed by atoms with van der Waals surface area (Å²) in [6, 6.07) is 21.6. The first-order valence-electron chi connectivity index (χ1n) is 13.3. The van der Waals surface area contributed by atoms with Gasteiger partial charge in [0, 0.05) is 48.7 Å². The van der Waals surface area contributed by atoms with Crippen LogP contribution in [0.15, 0.2) is 78.9 Å². The summed E-state index contributed by atoms with van der Waals surface area (Å²) in [5.74, 6) is -0.947. The number of nitrogens with one attached hydrogen (secondary N) is 1. The summed E-state index contributed by atoms with van der Waals surface area (Å²) >= 11 is 13.0. The van der Waals surface area contributed by atoms with Gasteiger partial charge in [-0.2, -0.15) is 12.7 Å². The molecule has 0 bridgehead atoms. The number of rotatable bonds is 13. The largest absolute Gasteiger partial charge is 0.352 e. The molecule has 3 aromatic rings. The molecule has 3 rings (SSSR count). The van der Waals surface area contributed by atoms with E-state index >= 15 is 0 Å². The lowest BCUT2D eigenvalue weighted by molar-refractivity contribution is -0.140. The van der Waals surface area contributed by atoms with Crippen molar-refractivity contribution >= 4 is 50.9 Å². The third kappa shape index (κ3) is 8.45. The topological polar surface area (TPSA) is 90.0 Å². The van der Waals surface area contributed by atoms with Gasteiger partial charge in [-0.1, -0.05) is 84.7 Å². The van der Waals surface area contributed by atoms with Crippen molar-refractivity contribution in [3.63, 3.8) is 0 Å². The van der Waals surface area contributed by atoms with Crippen molar-refractivity contribution in [3.8, 4) is 0 Å². The van der Waals surface area contributed by atoms with Crippen LogP contribution >= 0.6 is 23.2 Å². The summed E-state index contributed by atoms with van der Waals surface area (Å²) in [6.45, 7) is 3.19. The first-order valence-corrected chi connectivity index (χ1v) is 15.4. The summed E-state index contributed by atoms with van der Waals surface area (Å²) in [6.07, 6.45) is 0.889. The molecule has 3 aromatic carbocycles. The Morgan fingerprint density at radius 1 is 0.878 bits per heavy atom. The van der Waals surface area contributed by atoms with Gasteiger partial charge in [0.25, 0.3) is 0 Å². The maximum absolute atomic E-state index is 14.2. The van der Waals surface area contributed by atoms with Crippen LogP contribution in [0.1, 0.15) is 31.4 Å². The third-order valence-corrected chi connectivity index (χ3v) is 9.25. The number of benzene rings is 3. The highest BCUT2D eigenvalue weighted by atomic mass is 35.5. The van der Waals surface area contributed by atoms with Crippen molar-refractivity contribution in [3.05, 3.63) is 100 Å². The van der Waals surface area contributed by atoms with E-state index in [1.165, 1.54) is 19.0 Å². The highest BCUT2D eigenvalue weighted by Gasteiger charge is 2.35. The number of hydrogen-bond donors (Lipinski definition) is 1. The zero-order valence-electron chi connectivity index (χ0n) is 23.6. The second-order valence-electron chi connectivity index (χ2n) is 9.88. The van der Waals surface area contributed by atoms with E-state index in [4.69, 9.17) is 23.2 Å². The van der Waals surface area contributed by atoms with E-state index in [-0.39, 0.29) is 24.9 Å². The van der Waals surface area contributed by atoms with Gasteiger partial charge in [-0.15, -0.1) is 0 Å². The lowest BCUT2D eigenvalue weighted by atomic mass is 10.0. The molecule has 0 spiro atoms. The van der Waals surface area contributed by atoms with Gasteiger partial charge in [0.05, 0.1) is 5.69 Å². The molecule has 0 saturated carbocycles. The van der Waals surface area contributed by atoms with Crippen LogP contribution in [0.25, 0.3) is 0 Å². The maximum Gasteiger partial charge on any atom is 0.304 e. The fraction of sp³-hybridized carbons (Fsp3) is 0.333. The Morgan fingerprint density at radius 3 is 1.98 bits per heavy atom. The summed E-state index contributed by atoms with van der Waals surface area (Å²) in [7, 11) is -1.28. The zero-order valence-corrected chi connectivity index (χ0v) is 26.0. The van der Waals surface area contributed by atoms with Crippen molar-refractivity contribution in [2.24, 2.45) is 0 Å². The normalized spacial score (nSPS) is 13.0. The molecule has 0 saturated heterocycles. The molecular weight excluding hydrogens is 583 g/mol. The monoisotopic (exact) mass is 618 g/mol. The second kappa shape index (κ2) is 14.7. The van der Waals surface area contributed by atoms with Gasteiger partial charge in [-0.05, 0) is 43.2 Å². The third-order valence-electron chi connectivity index (χ3n) is 6.73. The van der Waals surface area contributed by atoms with Crippen LogP contribution in [-0.2, 0) is 32.8 Å². The first-order chi connectivity index (χ1) is 19.4. The lowest BCUT2D eigenvalue weighted by Gasteiger charge is -2.35. The lowest BCUT2D eigenvalue weighted by Crippen LogP contribution is -2.55. The van der Waals surface area contributed by atoms with E-state index in [2.05, 4.69) is 5.32 Å². The number of halogens is 2. The van der Waals surface area contributed by atoms with Crippen LogP contribution < -0.4 is 9.62 Å². The molecule has 0 aliphatic carbocycles. The average molecular weight is 620 g/mol. The number of carbonyl (C=O) groups is 2. The van der Waals surface area contributed by atoms with Gasteiger partial charge in [0.2, 0.25) is 11.8 Å². The number of nitrogens with zero attached hydrogens (tertiary/aromatic N) is 3. The van der Waals surface area contributed by atoms with Crippen molar-refractivity contribution in [2.45, 2.75) is 45.3 Å². The molecule has 0 aliphatic heterocycles. The SMILES string of the molecule is CCC(C)NC(=O)C(Cc1ccccc1)N(Cc1c(Cl)cccc1Cl)C(=O)CN(c1ccccc1)S(=O)(=O)N(C)C. The van der Waals surface area contributed by atoms with Crippen LogP contribution in [0.3, 0.4) is 0 Å². The summed E-state index contributed by atoms with van der Waals surface area (Å²) in [4.78, 5) is 29.4. The molecule has 11 heteroatoms. The van der Waals surface area contributed by atoms with Gasteiger partial charge in [-0.3, -0.25) is 9.59 Å². The Labute approximate surface area is 253 Å². The van der Waals surface area contributed by atoms with Crippen molar-refractivity contribution in [1.29, 1.82) is 0 Å². The van der Waals surface area contributed by atoms with Crippen LogP contribution in [0, 0.1) is 0 Å². The molecule has 2 unspecified atom stereocenters. The molecule has 220 valence electrons. The van der Waals surface area contributed by atoms with Gasteiger partial charge in [-0.25, -0.2) is 4.31 Å². The van der Waals surface area contributed by atoms with E-state index in [0.717, 1.165) is 14.2 Å². The molecule has 0 radical (unpaired) electrons. The molecule has 1 N–H and O–H groups in total. The van der Waals surface area contributed by atoms with Crippen molar-refractivity contribution in [2.75, 3.05) is 24.9 Å². The number of hydrogen-bond acceptors (Lipinski definition) is 4. The molecule has 0 fully saturated rings. The molecular formula is C30H36Cl2N4O4S. The van der Waals surface area contributed by atoms with E-state index in [1.807, 2.05) is 44.2 Å². The minimum absolute atomic E-state index is 0.104. The number of amides is 2. The first kappa shape index (κ1) is 32.4. The number of anilines is 1. The summed E-state index contributed by atoms with van der Waals surface area (Å²) in [5, 5.41) is 3.66. The molecule has 0 aromatic heterocycles. The minimum Gasteiger partial charge on any atom is -0.352 e. The van der Waals surface area contributed by atoms with E-state index in [9.17, 15) is 18.0 Å². The Morgan fingerprint density at radius 2 is 1.44 bits per heavy atom. The van der Waals surface area contributed by atoms with Gasteiger partial charge < -0.3 is 10.2 Å². The predicted octanol–water partition coefficient (Wildman–Crippen LogP) is 5.16. The zero-order chi connectivity index (χ0) is 30.2. The molecule has 2 amide bonds. The fourth-order valence-electron chi connectivity index (χ4n) is 4.16. The number of para-hydroxylation sites is 1. The van der Waals surface area contributed by atoms with E-state index in [1.54, 1.807) is 48.5 Å². The molecule has 41 heavy (non-hydrogen) atoms. The van der Waals surface area contributed by atoms with Crippen molar-refractivity contribution < 1.29 is 18.0 Å². The average Bonchev–Trinajstić information content (AvgIpc) is 2.95. The smallest absolute Gasteiger partial charge is 0.304 e. The Balaban J connectivity index is 2.13. The summed E-state index contributed by atoms with van der Waals surface area (Å²) in [5.41, 5.74) is 1.61. The maximum atomic E-state index is 14.2. The van der Waals surface area contributed by atoms with Crippen molar-refractivity contribution in [1.82, 2.24) is 14.5 Å². The number of carbonyl (C=O) groups excluding carboxylic acids is 2. The quantitative estimate of drug-likeness (QED) is 0.286. The van der Waals surface area contributed by atoms with Crippen LogP contribution in [-0.4, -0.2) is 62.2 Å². The Bertz CT molecular complexity index is 1400. The predicted molar refractivity (Wildman–Crippen MR) is 165 cm³/mol. The van der Waals surface area contributed by atoms with Crippen LogP contribution in [0.5, 0.6) is 0 Å². The second-order valence-corrected chi connectivity index (χ2v) is 12.8. The highest BCUT2D eigenvalue weighted by molar-refractivity contribution is 7.90. The minimum atomic E-state index is -4.07. The standard InChI is InChI=1S/C30H36Cl2N4O4S/c1-5-22(2)33-30(38)28(19-23-13-8-6-9-14-23)35(20-25-26(31)17-12-18-27(25)32)29(37)21-36(41(39,40)34(3)4)24-15-10-7-11-16-24/h6-18,22,28H,5,19-21H2,1-4H3,(H,33,38). The molecule has 0 aliphatic rings. The molecule has 8 nitrogen and oxygen atoms in total. The van der Waals surface area contributed by atoms with E-state index < -0.39 is 28.7 Å². The Hall–Kier alpha value is -3.11. The fourth-order valence-corrected chi connectivity index (χ4v) is 5.73. The van der Waals surface area contributed by atoms with Crippen LogP contribution in [0.2, 0.25) is 10.0 Å². The summed E-state index contributed by atoms with van der Waals surface area (Å²) < 4.78 is 28.9.